The van der Waals surface area contributed by atoms with E-state index in [0.29, 0.717) is 0 Å². The quantitative estimate of drug-likeness (QED) is 0.668. The lowest BCUT2D eigenvalue weighted by Crippen LogP contribution is -2.26. The van der Waals surface area contributed by atoms with E-state index in [2.05, 4.69) is 44.9 Å². The average molecular weight is 286 g/mol. The first-order valence-electron chi connectivity index (χ1n) is 6.79. The standard InChI is InChI=1S/C15H18N4S/c1-20-15-18-13-7-8-16-10-12(13)14(19-15)17-9-11-5-3-2-4-6-11/h2-6,16H,7-10H2,1H3,(H,17,18,19). The topological polar surface area (TPSA) is 49.8 Å². The van der Waals surface area contributed by atoms with Gasteiger partial charge in [0.25, 0.3) is 0 Å². The molecule has 0 bridgehead atoms. The molecule has 0 unspecified atom stereocenters. The maximum atomic E-state index is 4.62. The van der Waals surface area contributed by atoms with Gasteiger partial charge in [-0.3, -0.25) is 0 Å². The molecular weight excluding hydrogens is 268 g/mol. The highest BCUT2D eigenvalue weighted by Gasteiger charge is 2.17. The molecule has 2 heterocycles. The van der Waals surface area contributed by atoms with Crippen LogP contribution in [0, 0.1) is 0 Å². The number of hydrogen-bond donors (Lipinski definition) is 2. The van der Waals surface area contributed by atoms with Gasteiger partial charge in [-0.25, -0.2) is 9.97 Å². The van der Waals surface area contributed by atoms with Gasteiger partial charge in [-0.15, -0.1) is 0 Å². The fourth-order valence-electron chi connectivity index (χ4n) is 2.34. The van der Waals surface area contributed by atoms with Gasteiger partial charge in [0.05, 0.1) is 5.69 Å². The third kappa shape index (κ3) is 2.94. The van der Waals surface area contributed by atoms with Crippen molar-refractivity contribution in [2.24, 2.45) is 0 Å². The van der Waals surface area contributed by atoms with Crippen LogP contribution in [0.5, 0.6) is 0 Å². The summed E-state index contributed by atoms with van der Waals surface area (Å²) < 4.78 is 0. The van der Waals surface area contributed by atoms with Crippen molar-refractivity contribution in [2.75, 3.05) is 18.1 Å². The van der Waals surface area contributed by atoms with Crippen LogP contribution in [0.4, 0.5) is 5.82 Å². The molecule has 20 heavy (non-hydrogen) atoms. The molecular formula is C15H18N4S. The summed E-state index contributed by atoms with van der Waals surface area (Å²) in [6.45, 7) is 2.63. The summed E-state index contributed by atoms with van der Waals surface area (Å²) in [5.41, 5.74) is 3.65. The van der Waals surface area contributed by atoms with Crippen LogP contribution in [0.3, 0.4) is 0 Å². The second-order valence-electron chi connectivity index (χ2n) is 4.75. The van der Waals surface area contributed by atoms with Crippen molar-refractivity contribution >= 4 is 17.6 Å². The SMILES string of the molecule is CSc1nc2c(c(NCc3ccccc3)n1)CNCC2. The summed E-state index contributed by atoms with van der Waals surface area (Å²) in [6.07, 6.45) is 3.00. The minimum absolute atomic E-state index is 0.790. The van der Waals surface area contributed by atoms with Crippen molar-refractivity contribution in [2.45, 2.75) is 24.7 Å². The van der Waals surface area contributed by atoms with Gasteiger partial charge < -0.3 is 10.6 Å². The first-order valence-corrected chi connectivity index (χ1v) is 8.01. The highest BCUT2D eigenvalue weighted by atomic mass is 32.2. The highest BCUT2D eigenvalue weighted by molar-refractivity contribution is 7.98. The molecule has 0 amide bonds. The van der Waals surface area contributed by atoms with E-state index in [1.54, 1.807) is 11.8 Å². The zero-order valence-electron chi connectivity index (χ0n) is 11.5. The summed E-state index contributed by atoms with van der Waals surface area (Å²) in [7, 11) is 0. The van der Waals surface area contributed by atoms with Crippen molar-refractivity contribution in [3.63, 3.8) is 0 Å². The third-order valence-corrected chi connectivity index (χ3v) is 3.95. The Balaban J connectivity index is 1.84. The van der Waals surface area contributed by atoms with E-state index < -0.39 is 0 Å². The van der Waals surface area contributed by atoms with Crippen molar-refractivity contribution < 1.29 is 0 Å². The Bertz CT molecular complexity index is 586. The number of anilines is 1. The minimum atomic E-state index is 0.790. The van der Waals surface area contributed by atoms with E-state index in [1.165, 1.54) is 16.8 Å². The lowest BCUT2D eigenvalue weighted by Gasteiger charge is -2.20. The Labute approximate surface area is 123 Å². The highest BCUT2D eigenvalue weighted by Crippen LogP contribution is 2.23. The van der Waals surface area contributed by atoms with Crippen LogP contribution in [-0.2, 0) is 19.5 Å². The average Bonchev–Trinajstić information content (AvgIpc) is 2.53. The molecule has 4 nitrogen and oxygen atoms in total. The number of nitrogens with zero attached hydrogens (tertiary/aromatic N) is 2. The van der Waals surface area contributed by atoms with Crippen molar-refractivity contribution in [3.8, 4) is 0 Å². The van der Waals surface area contributed by atoms with Crippen LogP contribution >= 0.6 is 11.8 Å². The molecule has 0 aliphatic carbocycles. The van der Waals surface area contributed by atoms with Gasteiger partial charge in [-0.2, -0.15) is 0 Å². The number of nitrogens with one attached hydrogen (secondary N) is 2. The second kappa shape index (κ2) is 6.24. The molecule has 0 fully saturated rings. The normalized spacial score (nSPS) is 13.8. The van der Waals surface area contributed by atoms with E-state index in [-0.39, 0.29) is 0 Å². The molecule has 1 aromatic heterocycles. The molecule has 1 aromatic carbocycles. The number of aromatic nitrogens is 2. The van der Waals surface area contributed by atoms with Crippen LogP contribution < -0.4 is 10.6 Å². The molecule has 2 aromatic rings. The number of thioether (sulfide) groups is 1. The molecule has 104 valence electrons. The Morgan fingerprint density at radius 2 is 2.10 bits per heavy atom. The molecule has 1 aliphatic heterocycles. The number of rotatable bonds is 4. The van der Waals surface area contributed by atoms with Gasteiger partial charge in [0.2, 0.25) is 0 Å². The second-order valence-corrected chi connectivity index (χ2v) is 5.52. The molecule has 0 spiro atoms. The van der Waals surface area contributed by atoms with Gasteiger partial charge in [0.15, 0.2) is 5.16 Å². The summed E-state index contributed by atoms with van der Waals surface area (Å²) in [5.74, 6) is 0.968. The summed E-state index contributed by atoms with van der Waals surface area (Å²) >= 11 is 1.59. The number of benzene rings is 1. The van der Waals surface area contributed by atoms with E-state index in [1.807, 2.05) is 12.3 Å². The van der Waals surface area contributed by atoms with Crippen LogP contribution in [0.25, 0.3) is 0 Å². The predicted octanol–water partition coefficient (Wildman–Crippen LogP) is 2.46. The Kier molecular flexibility index (Phi) is 4.18. The van der Waals surface area contributed by atoms with Crippen LogP contribution in [0.15, 0.2) is 35.5 Å². The van der Waals surface area contributed by atoms with E-state index in [4.69, 9.17) is 0 Å². The van der Waals surface area contributed by atoms with Crippen molar-refractivity contribution in [1.29, 1.82) is 0 Å². The fraction of sp³-hybridized carbons (Fsp3) is 0.333. The monoisotopic (exact) mass is 286 g/mol. The van der Waals surface area contributed by atoms with Gasteiger partial charge in [0.1, 0.15) is 5.82 Å². The summed E-state index contributed by atoms with van der Waals surface area (Å²) in [4.78, 5) is 9.24. The molecule has 5 heteroatoms. The molecule has 0 saturated heterocycles. The van der Waals surface area contributed by atoms with Crippen LogP contribution in [-0.4, -0.2) is 22.8 Å². The van der Waals surface area contributed by atoms with Crippen molar-refractivity contribution in [1.82, 2.24) is 15.3 Å². The molecule has 1 aliphatic rings. The molecule has 2 N–H and O–H groups in total. The zero-order valence-corrected chi connectivity index (χ0v) is 12.3. The first-order chi connectivity index (χ1) is 9.86. The Morgan fingerprint density at radius 3 is 2.90 bits per heavy atom. The van der Waals surface area contributed by atoms with Gasteiger partial charge >= 0.3 is 0 Å². The fourth-order valence-corrected chi connectivity index (χ4v) is 2.72. The smallest absolute Gasteiger partial charge is 0.189 e. The van der Waals surface area contributed by atoms with E-state index >= 15 is 0 Å². The number of fused-ring (bicyclic) bond motifs is 1. The number of hydrogen-bond acceptors (Lipinski definition) is 5. The van der Waals surface area contributed by atoms with E-state index in [0.717, 1.165) is 37.0 Å². The minimum Gasteiger partial charge on any atom is -0.366 e. The molecule has 0 atom stereocenters. The first kappa shape index (κ1) is 13.4. The van der Waals surface area contributed by atoms with Gasteiger partial charge in [-0.05, 0) is 11.8 Å². The van der Waals surface area contributed by atoms with Gasteiger partial charge in [-0.1, -0.05) is 42.1 Å². The Morgan fingerprint density at radius 1 is 1.25 bits per heavy atom. The predicted molar refractivity (Wildman–Crippen MR) is 83.0 cm³/mol. The molecule has 0 saturated carbocycles. The third-order valence-electron chi connectivity index (χ3n) is 3.40. The Hall–Kier alpha value is -1.59. The van der Waals surface area contributed by atoms with Crippen LogP contribution in [0.1, 0.15) is 16.8 Å². The maximum absolute atomic E-state index is 4.62. The zero-order chi connectivity index (χ0) is 13.8. The summed E-state index contributed by atoms with van der Waals surface area (Å²) in [5, 5.41) is 7.70. The molecule has 0 radical (unpaired) electrons. The maximum Gasteiger partial charge on any atom is 0.189 e. The van der Waals surface area contributed by atoms with Crippen LogP contribution in [0.2, 0.25) is 0 Å². The molecule has 3 rings (SSSR count). The lowest BCUT2D eigenvalue weighted by atomic mass is 10.1. The van der Waals surface area contributed by atoms with Crippen molar-refractivity contribution in [3.05, 3.63) is 47.2 Å². The summed E-state index contributed by atoms with van der Waals surface area (Å²) in [6, 6.07) is 10.4. The van der Waals surface area contributed by atoms with E-state index in [9.17, 15) is 0 Å². The largest absolute Gasteiger partial charge is 0.366 e. The van der Waals surface area contributed by atoms with Gasteiger partial charge in [0, 0.05) is 31.6 Å². The lowest BCUT2D eigenvalue weighted by molar-refractivity contribution is 0.618.